The molecule has 0 bridgehead atoms. The smallest absolute Gasteiger partial charge is 0.343 e. The molecule has 0 aliphatic carbocycles. The summed E-state index contributed by atoms with van der Waals surface area (Å²) in [5.74, 6) is 1.54. The minimum atomic E-state index is -0.159. The first-order valence-corrected chi connectivity index (χ1v) is 7.53. The van der Waals surface area contributed by atoms with Crippen LogP contribution in [0.4, 0.5) is 5.82 Å². The predicted molar refractivity (Wildman–Crippen MR) is 84.2 cm³/mol. The molecular formula is C14H18N8O. The molecule has 3 aromatic rings. The van der Waals surface area contributed by atoms with E-state index in [1.807, 2.05) is 10.9 Å². The molecule has 0 saturated carbocycles. The van der Waals surface area contributed by atoms with E-state index < -0.39 is 0 Å². The molecule has 0 fully saturated rings. The second-order valence-electron chi connectivity index (χ2n) is 6.68. The van der Waals surface area contributed by atoms with Gasteiger partial charge in [-0.15, -0.1) is 0 Å². The van der Waals surface area contributed by atoms with Crippen molar-refractivity contribution in [2.45, 2.75) is 39.4 Å². The van der Waals surface area contributed by atoms with Crippen LogP contribution in [0.1, 0.15) is 26.6 Å². The van der Waals surface area contributed by atoms with Crippen LogP contribution in [0, 0.1) is 0 Å². The summed E-state index contributed by atoms with van der Waals surface area (Å²) in [7, 11) is 0. The molecule has 4 heterocycles. The van der Waals surface area contributed by atoms with E-state index >= 15 is 0 Å². The number of aromatic nitrogens is 7. The third kappa shape index (κ3) is 2.11. The van der Waals surface area contributed by atoms with E-state index in [0.717, 1.165) is 22.7 Å². The molecule has 1 N–H and O–H groups in total. The Labute approximate surface area is 132 Å². The minimum absolute atomic E-state index is 0.155. The number of H-pyrrole nitrogens is 1. The largest absolute Gasteiger partial charge is 0.347 e. The molecule has 0 radical (unpaired) electrons. The van der Waals surface area contributed by atoms with Crippen molar-refractivity contribution in [3.63, 3.8) is 0 Å². The maximum atomic E-state index is 11.6. The van der Waals surface area contributed by atoms with Crippen molar-refractivity contribution in [2.75, 3.05) is 11.4 Å². The average Bonchev–Trinajstić information content (AvgIpc) is 3.10. The summed E-state index contributed by atoms with van der Waals surface area (Å²) in [4.78, 5) is 22.6. The van der Waals surface area contributed by atoms with Crippen LogP contribution in [0.15, 0.2) is 17.3 Å². The molecule has 0 amide bonds. The molecule has 0 saturated heterocycles. The third-order valence-corrected chi connectivity index (χ3v) is 4.04. The normalized spacial score (nSPS) is 15.2. The first-order chi connectivity index (χ1) is 10.9. The highest BCUT2D eigenvalue weighted by Gasteiger charge is 2.25. The maximum absolute atomic E-state index is 11.6. The lowest BCUT2D eigenvalue weighted by Crippen LogP contribution is -2.37. The van der Waals surface area contributed by atoms with E-state index in [0.29, 0.717) is 19.6 Å². The van der Waals surface area contributed by atoms with Gasteiger partial charge in [-0.25, -0.2) is 24.5 Å². The van der Waals surface area contributed by atoms with Gasteiger partial charge < -0.3 is 4.90 Å². The Morgan fingerprint density at radius 1 is 1.22 bits per heavy atom. The molecule has 0 atom stereocenters. The fourth-order valence-corrected chi connectivity index (χ4v) is 2.93. The van der Waals surface area contributed by atoms with E-state index in [9.17, 15) is 4.79 Å². The lowest BCUT2D eigenvalue weighted by atomic mass is 10.1. The number of anilines is 1. The summed E-state index contributed by atoms with van der Waals surface area (Å²) < 4.78 is 3.56. The first-order valence-electron chi connectivity index (χ1n) is 7.53. The van der Waals surface area contributed by atoms with Crippen molar-refractivity contribution in [3.05, 3.63) is 28.8 Å². The van der Waals surface area contributed by atoms with Gasteiger partial charge in [0.2, 0.25) is 0 Å². The quantitative estimate of drug-likeness (QED) is 0.702. The van der Waals surface area contributed by atoms with Gasteiger partial charge in [0.25, 0.3) is 0 Å². The molecule has 0 unspecified atom stereocenters. The van der Waals surface area contributed by atoms with Gasteiger partial charge in [-0.2, -0.15) is 10.2 Å². The van der Waals surface area contributed by atoms with Crippen LogP contribution in [-0.2, 0) is 18.6 Å². The molecule has 3 aromatic heterocycles. The van der Waals surface area contributed by atoms with Gasteiger partial charge in [-0.3, -0.25) is 4.57 Å². The highest BCUT2D eigenvalue weighted by atomic mass is 16.1. The SMILES string of the molecule is CC(C)(C)n1ncc2c(N3CCn4c(n[nH]c4=O)C3)ncnc21. The minimum Gasteiger partial charge on any atom is -0.347 e. The molecule has 0 spiro atoms. The Morgan fingerprint density at radius 2 is 2.04 bits per heavy atom. The Hall–Kier alpha value is -2.71. The van der Waals surface area contributed by atoms with Crippen LogP contribution in [0.3, 0.4) is 0 Å². The van der Waals surface area contributed by atoms with Crippen LogP contribution in [-0.4, -0.2) is 41.1 Å². The highest BCUT2D eigenvalue weighted by Crippen LogP contribution is 2.27. The second kappa shape index (κ2) is 4.64. The van der Waals surface area contributed by atoms with Crippen molar-refractivity contribution in [3.8, 4) is 0 Å². The lowest BCUT2D eigenvalue weighted by Gasteiger charge is -2.28. The summed E-state index contributed by atoms with van der Waals surface area (Å²) in [6, 6.07) is 0. The standard InChI is InChI=1S/C14H18N8O/c1-14(2,3)22-12-9(6-17-22)11(15-8-16-12)20-4-5-21-10(7-20)18-19-13(21)23/h6,8H,4-5,7H2,1-3H3,(H,19,23). The lowest BCUT2D eigenvalue weighted by molar-refractivity contribution is 0.366. The average molecular weight is 314 g/mol. The van der Waals surface area contributed by atoms with E-state index in [1.54, 1.807) is 10.9 Å². The predicted octanol–water partition coefficient (Wildman–Crippen LogP) is 0.486. The van der Waals surface area contributed by atoms with Crippen LogP contribution in [0.2, 0.25) is 0 Å². The third-order valence-electron chi connectivity index (χ3n) is 4.04. The zero-order valence-corrected chi connectivity index (χ0v) is 13.3. The highest BCUT2D eigenvalue weighted by molar-refractivity contribution is 5.86. The Balaban J connectivity index is 1.79. The number of hydrogen-bond donors (Lipinski definition) is 1. The summed E-state index contributed by atoms with van der Waals surface area (Å²) in [6.07, 6.45) is 3.37. The van der Waals surface area contributed by atoms with Gasteiger partial charge in [0, 0.05) is 13.1 Å². The van der Waals surface area contributed by atoms with Gasteiger partial charge in [-0.1, -0.05) is 0 Å². The van der Waals surface area contributed by atoms with Crippen molar-refractivity contribution < 1.29 is 0 Å². The fourth-order valence-electron chi connectivity index (χ4n) is 2.93. The number of aromatic amines is 1. The Kier molecular flexibility index (Phi) is 2.81. The number of nitrogens with one attached hydrogen (secondary N) is 1. The van der Waals surface area contributed by atoms with E-state index in [-0.39, 0.29) is 11.2 Å². The van der Waals surface area contributed by atoms with Crippen molar-refractivity contribution in [2.24, 2.45) is 0 Å². The second-order valence-corrected chi connectivity index (χ2v) is 6.68. The summed E-state index contributed by atoms with van der Waals surface area (Å²) in [6.45, 7) is 8.08. The zero-order chi connectivity index (χ0) is 16.2. The van der Waals surface area contributed by atoms with Crippen molar-refractivity contribution in [1.82, 2.24) is 34.5 Å². The molecule has 1 aliphatic heterocycles. The molecule has 9 heteroatoms. The molecule has 0 aromatic carbocycles. The van der Waals surface area contributed by atoms with Crippen LogP contribution >= 0.6 is 0 Å². The molecule has 23 heavy (non-hydrogen) atoms. The Morgan fingerprint density at radius 3 is 2.83 bits per heavy atom. The number of nitrogens with zero attached hydrogens (tertiary/aromatic N) is 7. The van der Waals surface area contributed by atoms with E-state index in [1.165, 1.54) is 0 Å². The van der Waals surface area contributed by atoms with Gasteiger partial charge in [0.15, 0.2) is 11.5 Å². The zero-order valence-electron chi connectivity index (χ0n) is 13.3. The molecule has 1 aliphatic rings. The van der Waals surface area contributed by atoms with E-state index in [2.05, 4.69) is 50.9 Å². The first kappa shape index (κ1) is 13.9. The monoisotopic (exact) mass is 314 g/mol. The van der Waals surface area contributed by atoms with Gasteiger partial charge in [-0.05, 0) is 20.8 Å². The maximum Gasteiger partial charge on any atom is 0.343 e. The number of hydrogen-bond acceptors (Lipinski definition) is 6. The van der Waals surface area contributed by atoms with Gasteiger partial charge >= 0.3 is 5.69 Å². The van der Waals surface area contributed by atoms with Crippen molar-refractivity contribution >= 4 is 16.9 Å². The summed E-state index contributed by atoms with van der Waals surface area (Å²) in [5, 5.41) is 12.0. The molecule has 4 rings (SSSR count). The number of fused-ring (bicyclic) bond motifs is 2. The summed E-state index contributed by atoms with van der Waals surface area (Å²) >= 11 is 0. The topological polar surface area (TPSA) is 97.5 Å². The fraction of sp³-hybridized carbons (Fsp3) is 0.500. The van der Waals surface area contributed by atoms with Crippen LogP contribution in [0.5, 0.6) is 0 Å². The molecule has 9 nitrogen and oxygen atoms in total. The van der Waals surface area contributed by atoms with E-state index in [4.69, 9.17) is 0 Å². The van der Waals surface area contributed by atoms with Gasteiger partial charge in [0.05, 0.1) is 23.7 Å². The molecular weight excluding hydrogens is 296 g/mol. The van der Waals surface area contributed by atoms with Crippen LogP contribution < -0.4 is 10.6 Å². The Bertz CT molecular complexity index is 928. The number of rotatable bonds is 1. The van der Waals surface area contributed by atoms with Crippen molar-refractivity contribution in [1.29, 1.82) is 0 Å². The summed E-state index contributed by atoms with van der Waals surface area (Å²) in [5.41, 5.74) is 0.498. The molecule has 120 valence electrons. The van der Waals surface area contributed by atoms with Crippen LogP contribution in [0.25, 0.3) is 11.0 Å². The van der Waals surface area contributed by atoms with Gasteiger partial charge in [0.1, 0.15) is 12.1 Å².